The molecule has 0 aliphatic rings. The van der Waals surface area contributed by atoms with E-state index in [1.54, 1.807) is 6.07 Å². The van der Waals surface area contributed by atoms with Gasteiger partial charge in [-0.05, 0) is 37.7 Å². The molecular weight excluding hydrogens is 263 g/mol. The minimum atomic E-state index is -0.164. The van der Waals surface area contributed by atoms with Crippen molar-refractivity contribution in [2.45, 2.75) is 12.5 Å². The van der Waals surface area contributed by atoms with Crippen molar-refractivity contribution >= 4 is 10.9 Å². The summed E-state index contributed by atoms with van der Waals surface area (Å²) in [6.45, 7) is 0.883. The number of halogens is 1. The minimum absolute atomic E-state index is 0.132. The fraction of sp³-hybridized carbons (Fsp3) is 0.222. The third-order valence-electron chi connectivity index (χ3n) is 3.88. The number of hydrogen-bond donors (Lipinski definition) is 1. The molecule has 1 heterocycles. The number of nitrogens with one attached hydrogen (secondary N) is 1. The zero-order chi connectivity index (χ0) is 14.7. The molecule has 21 heavy (non-hydrogen) atoms. The highest BCUT2D eigenvalue weighted by Crippen LogP contribution is 2.28. The molecule has 0 saturated carbocycles. The van der Waals surface area contributed by atoms with E-state index in [-0.39, 0.29) is 11.9 Å². The van der Waals surface area contributed by atoms with Crippen molar-refractivity contribution in [3.05, 3.63) is 72.2 Å². The van der Waals surface area contributed by atoms with E-state index in [0.717, 1.165) is 18.4 Å². The molecule has 0 spiro atoms. The summed E-state index contributed by atoms with van der Waals surface area (Å²) in [5.41, 5.74) is 1.89. The summed E-state index contributed by atoms with van der Waals surface area (Å²) in [6, 6.07) is 17.6. The van der Waals surface area contributed by atoms with Gasteiger partial charge in [0, 0.05) is 11.6 Å². The van der Waals surface area contributed by atoms with E-state index in [1.807, 2.05) is 43.6 Å². The molecule has 108 valence electrons. The predicted octanol–water partition coefficient (Wildman–Crippen LogP) is 3.98. The maximum atomic E-state index is 14.2. The topological polar surface area (TPSA) is 17.0 Å². The maximum Gasteiger partial charge on any atom is 0.147 e. The summed E-state index contributed by atoms with van der Waals surface area (Å²) in [5.74, 6) is -0.164. The summed E-state index contributed by atoms with van der Waals surface area (Å²) < 4.78 is 16.3. The van der Waals surface area contributed by atoms with Crippen LogP contribution in [0.15, 0.2) is 60.8 Å². The van der Waals surface area contributed by atoms with Crippen molar-refractivity contribution in [2.75, 3.05) is 13.6 Å². The standard InChI is InChI=1S/C18H19FN2/c1-20-12-10-17(14-6-3-2-4-7-14)21-13-11-15-8-5-9-16(19)18(15)21/h2-9,11,13,17,20H,10,12H2,1H3. The van der Waals surface area contributed by atoms with Crippen molar-refractivity contribution in [1.29, 1.82) is 0 Å². The van der Waals surface area contributed by atoms with E-state index in [9.17, 15) is 4.39 Å². The van der Waals surface area contributed by atoms with Crippen molar-refractivity contribution < 1.29 is 4.39 Å². The molecule has 0 fully saturated rings. The summed E-state index contributed by atoms with van der Waals surface area (Å²) in [6.07, 6.45) is 2.90. The van der Waals surface area contributed by atoms with Crippen molar-refractivity contribution in [3.8, 4) is 0 Å². The quantitative estimate of drug-likeness (QED) is 0.749. The zero-order valence-electron chi connectivity index (χ0n) is 12.1. The fourth-order valence-electron chi connectivity index (χ4n) is 2.86. The molecular formula is C18H19FN2. The van der Waals surface area contributed by atoms with Crippen LogP contribution in [0.2, 0.25) is 0 Å². The number of fused-ring (bicyclic) bond motifs is 1. The molecule has 3 aromatic rings. The van der Waals surface area contributed by atoms with Gasteiger partial charge in [-0.15, -0.1) is 0 Å². The van der Waals surface area contributed by atoms with Gasteiger partial charge in [-0.3, -0.25) is 0 Å². The summed E-state index contributed by atoms with van der Waals surface area (Å²) >= 11 is 0. The van der Waals surface area contributed by atoms with Gasteiger partial charge in [0.2, 0.25) is 0 Å². The molecule has 1 aromatic heterocycles. The average molecular weight is 282 g/mol. The van der Waals surface area contributed by atoms with Crippen LogP contribution in [0.1, 0.15) is 18.0 Å². The molecule has 2 nitrogen and oxygen atoms in total. The molecule has 0 bridgehead atoms. The van der Waals surface area contributed by atoms with Crippen LogP contribution in [0.25, 0.3) is 10.9 Å². The molecule has 0 radical (unpaired) electrons. The molecule has 1 atom stereocenters. The molecule has 2 aromatic carbocycles. The summed E-state index contributed by atoms with van der Waals surface area (Å²) in [4.78, 5) is 0. The van der Waals surface area contributed by atoms with Gasteiger partial charge in [-0.2, -0.15) is 0 Å². The number of para-hydroxylation sites is 1. The highest BCUT2D eigenvalue weighted by Gasteiger charge is 2.16. The molecule has 0 saturated heterocycles. The molecule has 0 amide bonds. The van der Waals surface area contributed by atoms with Crippen LogP contribution in [0, 0.1) is 5.82 Å². The average Bonchev–Trinajstić information content (AvgIpc) is 2.94. The van der Waals surface area contributed by atoms with E-state index in [2.05, 4.69) is 22.0 Å². The zero-order valence-corrected chi connectivity index (χ0v) is 12.1. The Bertz CT molecular complexity index is 718. The van der Waals surface area contributed by atoms with Gasteiger partial charge in [0.15, 0.2) is 0 Å². The number of aromatic nitrogens is 1. The normalized spacial score (nSPS) is 12.7. The van der Waals surface area contributed by atoms with Crippen LogP contribution in [-0.4, -0.2) is 18.2 Å². The molecule has 1 unspecified atom stereocenters. The fourth-order valence-corrected chi connectivity index (χ4v) is 2.86. The van der Waals surface area contributed by atoms with E-state index < -0.39 is 0 Å². The Kier molecular flexibility index (Phi) is 4.02. The van der Waals surface area contributed by atoms with Gasteiger partial charge < -0.3 is 9.88 Å². The molecule has 1 N–H and O–H groups in total. The Labute approximate surface area is 124 Å². The lowest BCUT2D eigenvalue weighted by atomic mass is 10.0. The van der Waals surface area contributed by atoms with Gasteiger partial charge in [0.25, 0.3) is 0 Å². The van der Waals surface area contributed by atoms with Gasteiger partial charge in [-0.25, -0.2) is 4.39 Å². The maximum absolute atomic E-state index is 14.2. The Balaban J connectivity index is 2.10. The lowest BCUT2D eigenvalue weighted by molar-refractivity contribution is 0.530. The number of benzene rings is 2. The van der Waals surface area contributed by atoms with Gasteiger partial charge in [0.05, 0.1) is 11.6 Å². The van der Waals surface area contributed by atoms with Gasteiger partial charge in [-0.1, -0.05) is 42.5 Å². The predicted molar refractivity (Wildman–Crippen MR) is 85.0 cm³/mol. The van der Waals surface area contributed by atoms with Crippen LogP contribution in [0.3, 0.4) is 0 Å². The molecule has 0 aliphatic carbocycles. The van der Waals surface area contributed by atoms with Crippen molar-refractivity contribution in [2.24, 2.45) is 0 Å². The second kappa shape index (κ2) is 6.10. The van der Waals surface area contributed by atoms with Gasteiger partial charge in [0.1, 0.15) is 5.82 Å². The van der Waals surface area contributed by atoms with E-state index in [0.29, 0.717) is 5.52 Å². The Hall–Kier alpha value is -2.13. The van der Waals surface area contributed by atoms with Crippen LogP contribution in [-0.2, 0) is 0 Å². The molecule has 3 rings (SSSR count). The van der Waals surface area contributed by atoms with Crippen LogP contribution < -0.4 is 5.32 Å². The lowest BCUT2D eigenvalue weighted by Crippen LogP contribution is -2.17. The van der Waals surface area contributed by atoms with Crippen LogP contribution in [0.5, 0.6) is 0 Å². The third kappa shape index (κ3) is 2.69. The highest BCUT2D eigenvalue weighted by atomic mass is 19.1. The summed E-state index contributed by atoms with van der Waals surface area (Å²) in [5, 5.41) is 4.13. The smallest absolute Gasteiger partial charge is 0.147 e. The summed E-state index contributed by atoms with van der Waals surface area (Å²) in [7, 11) is 1.94. The molecule has 0 aliphatic heterocycles. The SMILES string of the molecule is CNCCC(c1ccccc1)n1ccc2cccc(F)c21. The second-order valence-electron chi connectivity index (χ2n) is 5.22. The van der Waals surface area contributed by atoms with Crippen molar-refractivity contribution in [3.63, 3.8) is 0 Å². The Morgan fingerprint density at radius 3 is 2.62 bits per heavy atom. The first-order valence-corrected chi connectivity index (χ1v) is 7.26. The van der Waals surface area contributed by atoms with E-state index >= 15 is 0 Å². The van der Waals surface area contributed by atoms with Crippen LogP contribution >= 0.6 is 0 Å². The first-order valence-electron chi connectivity index (χ1n) is 7.26. The highest BCUT2D eigenvalue weighted by molar-refractivity contribution is 5.81. The van der Waals surface area contributed by atoms with Crippen LogP contribution in [0.4, 0.5) is 4.39 Å². The second-order valence-corrected chi connectivity index (χ2v) is 5.22. The lowest BCUT2D eigenvalue weighted by Gasteiger charge is -2.21. The number of rotatable bonds is 5. The number of nitrogens with zero attached hydrogens (tertiary/aromatic N) is 1. The largest absolute Gasteiger partial charge is 0.338 e. The molecule has 3 heteroatoms. The minimum Gasteiger partial charge on any atom is -0.338 e. The Morgan fingerprint density at radius 1 is 1.05 bits per heavy atom. The Morgan fingerprint density at radius 2 is 1.86 bits per heavy atom. The first-order chi connectivity index (χ1) is 10.3. The third-order valence-corrected chi connectivity index (χ3v) is 3.88. The number of hydrogen-bond acceptors (Lipinski definition) is 1. The van der Waals surface area contributed by atoms with E-state index in [4.69, 9.17) is 0 Å². The van der Waals surface area contributed by atoms with Crippen molar-refractivity contribution in [1.82, 2.24) is 9.88 Å². The first kappa shape index (κ1) is 13.8. The monoisotopic (exact) mass is 282 g/mol. The van der Waals surface area contributed by atoms with E-state index in [1.165, 1.54) is 11.6 Å². The van der Waals surface area contributed by atoms with Gasteiger partial charge >= 0.3 is 0 Å².